The maximum atomic E-state index is 5.19. The van der Waals surface area contributed by atoms with Gasteiger partial charge < -0.3 is 9.64 Å². The number of piperidine rings is 3. The van der Waals surface area contributed by atoms with Crippen LogP contribution in [-0.4, -0.2) is 37.7 Å². The SMILES string of the molecule is COc1ccc(C2=CC(/C=C/[C@H]3CN4CCC3CC4)N=N2)cc1. The molecule has 2 bridgehead atoms. The highest BCUT2D eigenvalue weighted by Crippen LogP contribution is 2.33. The second kappa shape index (κ2) is 6.28. The highest BCUT2D eigenvalue weighted by Gasteiger charge is 2.32. The van der Waals surface area contributed by atoms with Crippen LogP contribution in [0.1, 0.15) is 18.4 Å². The fourth-order valence-electron chi connectivity index (χ4n) is 3.85. The lowest BCUT2D eigenvalue weighted by Crippen LogP contribution is -2.46. The van der Waals surface area contributed by atoms with E-state index >= 15 is 0 Å². The minimum absolute atomic E-state index is 0.0857. The Balaban J connectivity index is 1.42. The number of azo groups is 1. The largest absolute Gasteiger partial charge is 0.497 e. The van der Waals surface area contributed by atoms with Gasteiger partial charge >= 0.3 is 0 Å². The third kappa shape index (κ3) is 3.08. The minimum atomic E-state index is 0.0857. The van der Waals surface area contributed by atoms with Crippen LogP contribution >= 0.6 is 0 Å². The monoisotopic (exact) mass is 309 g/mol. The molecular weight excluding hydrogens is 286 g/mol. The van der Waals surface area contributed by atoms with Crippen LogP contribution in [-0.2, 0) is 0 Å². The summed E-state index contributed by atoms with van der Waals surface area (Å²) in [6.45, 7) is 3.80. The van der Waals surface area contributed by atoms with E-state index in [9.17, 15) is 0 Å². The number of methoxy groups -OCH3 is 1. The van der Waals surface area contributed by atoms with Gasteiger partial charge in [0.1, 0.15) is 11.8 Å². The lowest BCUT2D eigenvalue weighted by Gasteiger charge is -2.43. The number of benzene rings is 1. The number of ether oxygens (including phenoxy) is 1. The summed E-state index contributed by atoms with van der Waals surface area (Å²) < 4.78 is 5.19. The molecule has 0 aliphatic carbocycles. The zero-order valence-electron chi connectivity index (χ0n) is 13.6. The minimum Gasteiger partial charge on any atom is -0.497 e. The fourth-order valence-corrected chi connectivity index (χ4v) is 3.85. The summed E-state index contributed by atoms with van der Waals surface area (Å²) >= 11 is 0. The van der Waals surface area contributed by atoms with Gasteiger partial charge in [-0.3, -0.25) is 0 Å². The van der Waals surface area contributed by atoms with Crippen molar-refractivity contribution in [2.45, 2.75) is 18.9 Å². The Morgan fingerprint density at radius 3 is 2.57 bits per heavy atom. The summed E-state index contributed by atoms with van der Waals surface area (Å²) in [5.74, 6) is 2.44. The van der Waals surface area contributed by atoms with E-state index in [1.165, 1.54) is 32.5 Å². The van der Waals surface area contributed by atoms with Gasteiger partial charge in [-0.05, 0) is 68.1 Å². The molecular formula is C19H23N3O. The van der Waals surface area contributed by atoms with Crippen molar-refractivity contribution in [2.24, 2.45) is 22.1 Å². The van der Waals surface area contributed by atoms with E-state index in [-0.39, 0.29) is 6.04 Å². The van der Waals surface area contributed by atoms with E-state index in [2.05, 4.69) is 33.4 Å². The average molecular weight is 309 g/mol. The highest BCUT2D eigenvalue weighted by atomic mass is 16.5. The molecule has 1 unspecified atom stereocenters. The molecule has 3 saturated heterocycles. The van der Waals surface area contributed by atoms with Gasteiger partial charge in [0.15, 0.2) is 0 Å². The summed E-state index contributed by atoms with van der Waals surface area (Å²) in [7, 11) is 1.68. The van der Waals surface area contributed by atoms with Crippen molar-refractivity contribution in [3.63, 3.8) is 0 Å². The molecule has 0 aromatic heterocycles. The van der Waals surface area contributed by atoms with Gasteiger partial charge in [-0.1, -0.05) is 12.2 Å². The predicted octanol–water partition coefficient (Wildman–Crippen LogP) is 3.77. The van der Waals surface area contributed by atoms with Gasteiger partial charge in [0, 0.05) is 12.1 Å². The molecule has 0 saturated carbocycles. The van der Waals surface area contributed by atoms with Gasteiger partial charge in [0.25, 0.3) is 0 Å². The molecule has 120 valence electrons. The molecule has 0 spiro atoms. The first-order valence-electron chi connectivity index (χ1n) is 8.49. The lowest BCUT2D eigenvalue weighted by atomic mass is 9.79. The van der Waals surface area contributed by atoms with Crippen LogP contribution in [0.2, 0.25) is 0 Å². The standard InChI is InChI=1S/C19H23N3O/c1-23-18-6-3-15(4-7-18)19-12-17(20-21-19)5-2-16-13-22-10-8-14(16)9-11-22/h2-7,12,14,16-17H,8-11,13H2,1H3/b5-2+/t16-,17?/m0/s1. The van der Waals surface area contributed by atoms with Crippen LogP contribution in [0, 0.1) is 11.8 Å². The summed E-state index contributed by atoms with van der Waals surface area (Å²) in [4.78, 5) is 2.59. The molecule has 4 aliphatic rings. The average Bonchev–Trinajstić information content (AvgIpc) is 3.10. The van der Waals surface area contributed by atoms with E-state index in [0.29, 0.717) is 5.92 Å². The Morgan fingerprint density at radius 2 is 1.91 bits per heavy atom. The molecule has 3 fully saturated rings. The van der Waals surface area contributed by atoms with Crippen LogP contribution < -0.4 is 4.74 Å². The Bertz CT molecular complexity index is 639. The summed E-state index contributed by atoms with van der Waals surface area (Å²) in [5, 5.41) is 8.72. The molecule has 2 atom stereocenters. The van der Waals surface area contributed by atoms with Crippen LogP contribution in [0.15, 0.2) is 52.7 Å². The summed E-state index contributed by atoms with van der Waals surface area (Å²) in [6, 6.07) is 8.07. The van der Waals surface area contributed by atoms with E-state index in [1.54, 1.807) is 7.11 Å². The fraction of sp³-hybridized carbons (Fsp3) is 0.474. The van der Waals surface area contributed by atoms with Crippen LogP contribution in [0.25, 0.3) is 5.70 Å². The molecule has 1 aromatic rings. The van der Waals surface area contributed by atoms with E-state index in [0.717, 1.165) is 22.9 Å². The molecule has 4 aliphatic heterocycles. The number of rotatable bonds is 4. The van der Waals surface area contributed by atoms with Crippen LogP contribution in [0.5, 0.6) is 5.75 Å². The van der Waals surface area contributed by atoms with E-state index < -0.39 is 0 Å². The zero-order valence-corrected chi connectivity index (χ0v) is 13.6. The molecule has 4 heterocycles. The van der Waals surface area contributed by atoms with Gasteiger partial charge in [-0.2, -0.15) is 10.2 Å². The second-order valence-electron chi connectivity index (χ2n) is 6.67. The molecule has 1 aromatic carbocycles. The van der Waals surface area contributed by atoms with E-state index in [1.807, 2.05) is 24.3 Å². The van der Waals surface area contributed by atoms with Crippen molar-refractivity contribution in [3.8, 4) is 5.75 Å². The molecule has 5 rings (SSSR count). The quantitative estimate of drug-likeness (QED) is 0.794. The first-order valence-corrected chi connectivity index (χ1v) is 8.49. The number of fused-ring (bicyclic) bond motifs is 3. The smallest absolute Gasteiger partial charge is 0.118 e. The Morgan fingerprint density at radius 1 is 1.13 bits per heavy atom. The third-order valence-corrected chi connectivity index (χ3v) is 5.28. The number of hydrogen-bond acceptors (Lipinski definition) is 4. The van der Waals surface area contributed by atoms with Gasteiger partial charge in [0.05, 0.1) is 12.8 Å². The highest BCUT2D eigenvalue weighted by molar-refractivity contribution is 5.67. The Labute approximate surface area is 137 Å². The first-order chi connectivity index (χ1) is 11.3. The van der Waals surface area contributed by atoms with Gasteiger partial charge in [0.2, 0.25) is 0 Å². The van der Waals surface area contributed by atoms with Crippen molar-refractivity contribution in [2.75, 3.05) is 26.7 Å². The Hall–Kier alpha value is -1.94. The topological polar surface area (TPSA) is 37.2 Å². The lowest BCUT2D eigenvalue weighted by molar-refractivity contribution is 0.0735. The third-order valence-electron chi connectivity index (χ3n) is 5.28. The van der Waals surface area contributed by atoms with Crippen molar-refractivity contribution in [3.05, 3.63) is 48.1 Å². The number of nitrogens with zero attached hydrogens (tertiary/aromatic N) is 3. The van der Waals surface area contributed by atoms with Gasteiger partial charge in [-0.15, -0.1) is 0 Å². The molecule has 4 heteroatoms. The van der Waals surface area contributed by atoms with Crippen molar-refractivity contribution >= 4 is 5.70 Å². The predicted molar refractivity (Wildman–Crippen MR) is 91.4 cm³/mol. The summed E-state index contributed by atoms with van der Waals surface area (Å²) in [5.41, 5.74) is 2.05. The molecule has 0 amide bonds. The molecule has 0 radical (unpaired) electrons. The molecule has 0 N–H and O–H groups in total. The van der Waals surface area contributed by atoms with Crippen molar-refractivity contribution in [1.82, 2.24) is 4.90 Å². The van der Waals surface area contributed by atoms with Gasteiger partial charge in [-0.25, -0.2) is 0 Å². The Kier molecular flexibility index (Phi) is 4.00. The normalized spacial score (nSPS) is 32.5. The van der Waals surface area contributed by atoms with Crippen LogP contribution in [0.4, 0.5) is 0 Å². The number of hydrogen-bond donors (Lipinski definition) is 0. The second-order valence-corrected chi connectivity index (χ2v) is 6.67. The molecule has 4 nitrogen and oxygen atoms in total. The maximum absolute atomic E-state index is 5.19. The van der Waals surface area contributed by atoms with Crippen LogP contribution in [0.3, 0.4) is 0 Å². The first kappa shape index (κ1) is 14.6. The maximum Gasteiger partial charge on any atom is 0.118 e. The van der Waals surface area contributed by atoms with Crippen molar-refractivity contribution < 1.29 is 4.74 Å². The van der Waals surface area contributed by atoms with Crippen molar-refractivity contribution in [1.29, 1.82) is 0 Å². The summed E-state index contributed by atoms with van der Waals surface area (Å²) in [6.07, 6.45) is 9.46. The zero-order chi connectivity index (χ0) is 15.6. The molecule has 23 heavy (non-hydrogen) atoms. The van der Waals surface area contributed by atoms with E-state index in [4.69, 9.17) is 4.74 Å².